The number of carbonyl (C=O) groups is 1. The highest BCUT2D eigenvalue weighted by molar-refractivity contribution is 5.98. The number of carbonyl (C=O) groups excluding carboxylic acids is 1. The lowest BCUT2D eigenvalue weighted by atomic mass is 9.89. The van der Waals surface area contributed by atoms with Crippen molar-refractivity contribution in [1.29, 1.82) is 0 Å². The van der Waals surface area contributed by atoms with E-state index in [1.54, 1.807) is 12.1 Å². The first kappa shape index (κ1) is 37.0. The van der Waals surface area contributed by atoms with Crippen LogP contribution in [0.5, 0.6) is 0 Å². The Labute approximate surface area is 263 Å². The van der Waals surface area contributed by atoms with E-state index in [9.17, 15) is 22.4 Å². The lowest BCUT2D eigenvalue weighted by Crippen LogP contribution is -2.13. The van der Waals surface area contributed by atoms with E-state index >= 15 is 0 Å². The number of hydrogen-bond acceptors (Lipinski definition) is 2. The molecule has 0 bridgehead atoms. The van der Waals surface area contributed by atoms with Crippen LogP contribution in [0.25, 0.3) is 0 Å². The lowest BCUT2D eigenvalue weighted by Gasteiger charge is -2.19. The Bertz CT molecular complexity index is 1200. The normalized spacial score (nSPS) is 14.2. The fourth-order valence-corrected chi connectivity index (χ4v) is 5.45. The predicted octanol–water partition coefficient (Wildman–Crippen LogP) is 11.8. The number of unbranched alkanes of at least 4 members (excludes halogenated alkanes) is 1. The van der Waals surface area contributed by atoms with Crippen molar-refractivity contribution in [3.63, 3.8) is 0 Å². The molecule has 2 atom stereocenters. The van der Waals surface area contributed by atoms with E-state index in [0.29, 0.717) is 30.1 Å². The number of halogens is 4. The van der Waals surface area contributed by atoms with Gasteiger partial charge in [0.25, 0.3) is 0 Å². The van der Waals surface area contributed by atoms with Crippen molar-refractivity contribution in [2.45, 2.75) is 117 Å². The minimum atomic E-state index is -4.32. The monoisotopic (exact) mass is 616 g/mol. The molecule has 2 unspecified atom stereocenters. The Morgan fingerprint density at radius 2 is 1.41 bits per heavy atom. The maximum absolute atomic E-state index is 13.2. The molecule has 44 heavy (non-hydrogen) atoms. The molecule has 244 valence electrons. The van der Waals surface area contributed by atoms with Gasteiger partial charge < -0.3 is 4.74 Å². The summed E-state index contributed by atoms with van der Waals surface area (Å²) in [6.07, 6.45) is 13.7. The van der Waals surface area contributed by atoms with Crippen molar-refractivity contribution in [1.82, 2.24) is 0 Å². The molecule has 0 aliphatic heterocycles. The van der Waals surface area contributed by atoms with Gasteiger partial charge in [-0.3, -0.25) is 4.79 Å². The van der Waals surface area contributed by atoms with Crippen molar-refractivity contribution in [3.05, 3.63) is 107 Å². The Morgan fingerprint density at radius 3 is 1.98 bits per heavy atom. The molecule has 2 aromatic carbocycles. The molecule has 2 nitrogen and oxygen atoms in total. The molecule has 0 aromatic heterocycles. The van der Waals surface area contributed by atoms with E-state index in [-0.39, 0.29) is 19.1 Å². The summed E-state index contributed by atoms with van der Waals surface area (Å²) in [6, 6.07) is 12.0. The third-order valence-electron chi connectivity index (χ3n) is 7.94. The van der Waals surface area contributed by atoms with Crippen LogP contribution in [-0.4, -0.2) is 11.9 Å². The Morgan fingerprint density at radius 1 is 0.795 bits per heavy atom. The second-order valence-electron chi connectivity index (χ2n) is 11.5. The van der Waals surface area contributed by atoms with E-state index in [2.05, 4.69) is 13.8 Å². The lowest BCUT2D eigenvalue weighted by molar-refractivity contribution is -0.137. The van der Waals surface area contributed by atoms with Gasteiger partial charge in [0.2, 0.25) is 0 Å². The number of rotatable bonds is 20. The molecule has 0 fully saturated rings. The third-order valence-corrected chi connectivity index (χ3v) is 7.94. The molecule has 2 rings (SSSR count). The van der Waals surface area contributed by atoms with Gasteiger partial charge in [0.1, 0.15) is 11.6 Å². The van der Waals surface area contributed by atoms with Crippen LogP contribution in [0.4, 0.5) is 17.6 Å². The number of allylic oxidation sites excluding steroid dienone is 5. The Hall–Kier alpha value is -3.15. The number of aryl methyl sites for hydroxylation is 2. The molecule has 0 N–H and O–H groups in total. The van der Waals surface area contributed by atoms with E-state index < -0.39 is 11.7 Å². The quantitative estimate of drug-likeness (QED) is 0.0486. The molecule has 0 radical (unpaired) electrons. The highest BCUT2D eigenvalue weighted by atomic mass is 19.4. The number of benzene rings is 2. The topological polar surface area (TPSA) is 26.3 Å². The van der Waals surface area contributed by atoms with Crippen LogP contribution in [0.3, 0.4) is 0 Å². The smallest absolute Gasteiger partial charge is 0.416 e. The molecule has 2 aromatic rings. The molecular formula is C38H52F4O2. The average molecular weight is 617 g/mol. The van der Waals surface area contributed by atoms with E-state index in [1.165, 1.54) is 12.1 Å². The maximum atomic E-state index is 13.2. The van der Waals surface area contributed by atoms with Crippen LogP contribution in [0.15, 0.2) is 84.2 Å². The molecule has 0 aliphatic carbocycles. The molecule has 0 saturated carbocycles. The summed E-state index contributed by atoms with van der Waals surface area (Å²) >= 11 is 0. The van der Waals surface area contributed by atoms with Gasteiger partial charge in [-0.1, -0.05) is 76.3 Å². The van der Waals surface area contributed by atoms with Gasteiger partial charge in [0.05, 0.1) is 11.7 Å². The van der Waals surface area contributed by atoms with Crippen molar-refractivity contribution >= 4 is 5.78 Å². The Balaban J connectivity index is 0.0000101. The first-order valence-electron chi connectivity index (χ1n) is 16.2. The molecule has 0 aliphatic rings. The highest BCUT2D eigenvalue weighted by Gasteiger charge is 2.29. The van der Waals surface area contributed by atoms with Gasteiger partial charge >= 0.3 is 6.18 Å². The number of hydrogen-bond donors (Lipinski definition) is 0. The van der Waals surface area contributed by atoms with Gasteiger partial charge in [-0.05, 0) is 112 Å². The molecule has 0 heterocycles. The standard InChI is InChI=1S/C38H50F4O2.H2/c1-5-12-31(15-10-9-14-29-20-25-34(39)26-21-29)28-37(43)32(7-3)22-27-35(8-4)44-36(13-6-2)17-11-16-30-18-23-33(24-19-30)38(40,41)42;/h7-8,18-27,31,36H,5-6,9-17,28H2,1-4H3;1H/b27-22-,32-7+,35-8-;. The van der Waals surface area contributed by atoms with Gasteiger partial charge in [-0.2, -0.15) is 13.2 Å². The fraction of sp³-hybridized carbons (Fsp3) is 0.500. The van der Waals surface area contributed by atoms with Gasteiger partial charge in [-0.15, -0.1) is 0 Å². The maximum Gasteiger partial charge on any atom is 0.416 e. The zero-order valence-corrected chi connectivity index (χ0v) is 26.9. The van der Waals surface area contributed by atoms with Crippen LogP contribution in [0.1, 0.15) is 110 Å². The molecule has 0 spiro atoms. The molecule has 6 heteroatoms. The van der Waals surface area contributed by atoms with Gasteiger partial charge in [0.15, 0.2) is 5.78 Å². The average Bonchev–Trinajstić information content (AvgIpc) is 2.99. The van der Waals surface area contributed by atoms with E-state index in [0.717, 1.165) is 87.5 Å². The van der Waals surface area contributed by atoms with Crippen molar-refractivity contribution in [2.24, 2.45) is 5.92 Å². The number of alkyl halides is 3. The zero-order valence-electron chi connectivity index (χ0n) is 26.9. The summed E-state index contributed by atoms with van der Waals surface area (Å²) < 4.78 is 58.0. The van der Waals surface area contributed by atoms with Gasteiger partial charge in [-0.25, -0.2) is 4.39 Å². The number of ketones is 1. The van der Waals surface area contributed by atoms with Crippen LogP contribution >= 0.6 is 0 Å². The van der Waals surface area contributed by atoms with Gasteiger partial charge in [0, 0.05) is 13.4 Å². The zero-order chi connectivity index (χ0) is 32.4. The molecular weight excluding hydrogens is 564 g/mol. The minimum absolute atomic E-state index is 0. The van der Waals surface area contributed by atoms with Crippen LogP contribution in [-0.2, 0) is 28.5 Å². The fourth-order valence-electron chi connectivity index (χ4n) is 5.45. The van der Waals surface area contributed by atoms with Crippen LogP contribution in [0.2, 0.25) is 0 Å². The van der Waals surface area contributed by atoms with Crippen LogP contribution in [0, 0.1) is 11.7 Å². The first-order chi connectivity index (χ1) is 21.1. The Kier molecular flexibility index (Phi) is 16.8. The predicted molar refractivity (Wildman–Crippen MR) is 175 cm³/mol. The summed E-state index contributed by atoms with van der Waals surface area (Å²) in [4.78, 5) is 13.2. The number of ether oxygens (including phenoxy) is 1. The summed E-state index contributed by atoms with van der Waals surface area (Å²) in [5, 5.41) is 0. The van der Waals surface area contributed by atoms with Crippen molar-refractivity contribution in [2.75, 3.05) is 0 Å². The molecule has 0 saturated heterocycles. The highest BCUT2D eigenvalue weighted by Crippen LogP contribution is 2.29. The second-order valence-corrected chi connectivity index (χ2v) is 11.5. The van der Waals surface area contributed by atoms with Crippen molar-refractivity contribution in [3.8, 4) is 0 Å². The summed E-state index contributed by atoms with van der Waals surface area (Å²) in [5.41, 5.74) is 2.06. The second kappa shape index (κ2) is 20.0. The minimum Gasteiger partial charge on any atom is -0.491 e. The van der Waals surface area contributed by atoms with E-state index in [1.807, 2.05) is 50.3 Å². The summed E-state index contributed by atoms with van der Waals surface area (Å²) in [7, 11) is 0. The molecule has 0 amide bonds. The van der Waals surface area contributed by atoms with Crippen molar-refractivity contribution < 1.29 is 28.5 Å². The largest absolute Gasteiger partial charge is 0.491 e. The first-order valence-corrected chi connectivity index (χ1v) is 16.2. The van der Waals surface area contributed by atoms with E-state index in [4.69, 9.17) is 4.74 Å². The summed E-state index contributed by atoms with van der Waals surface area (Å²) in [6.45, 7) is 8.04. The number of Topliss-reactive ketones (excluding diaryl/α,β-unsaturated/α-hetero) is 1. The SMILES string of the molecule is C/C=C(/C=C\C(=C/C)C(=O)CC(CCC)CCCCc1ccc(F)cc1)OC(CCC)CCCc1ccc(C(F)(F)F)cc1.[HH]. The third kappa shape index (κ3) is 14.1. The van der Waals surface area contributed by atoms with Crippen LogP contribution < -0.4 is 0 Å². The summed E-state index contributed by atoms with van der Waals surface area (Å²) in [5.74, 6) is 0.960.